The Morgan fingerprint density at radius 2 is 1.93 bits per heavy atom. The standard InChI is InChI=1S/C20H30N2O5S/c1-13(2)8-9-17(24)27-12-16(23)22-20-18(19(25)21-10-11-26-3)14-6-4-5-7-15(14)28-20/h13H,4-12H2,1-3H3,(H,21,25)(H,22,23). The molecule has 0 saturated heterocycles. The maximum absolute atomic E-state index is 12.7. The Bertz CT molecular complexity index is 699. The lowest BCUT2D eigenvalue weighted by Gasteiger charge is -2.13. The van der Waals surface area contributed by atoms with Crippen LogP contribution in [0.1, 0.15) is 60.3 Å². The molecule has 0 saturated carbocycles. The molecular formula is C20H30N2O5S. The van der Waals surface area contributed by atoms with E-state index in [-0.39, 0.29) is 18.5 Å². The van der Waals surface area contributed by atoms with Crippen LogP contribution in [0, 0.1) is 5.92 Å². The van der Waals surface area contributed by atoms with Crippen molar-refractivity contribution in [3.8, 4) is 0 Å². The van der Waals surface area contributed by atoms with E-state index in [9.17, 15) is 14.4 Å². The number of amides is 2. The van der Waals surface area contributed by atoms with Gasteiger partial charge in [-0.25, -0.2) is 0 Å². The number of rotatable bonds is 10. The molecule has 28 heavy (non-hydrogen) atoms. The molecule has 0 unspecified atom stereocenters. The third kappa shape index (κ3) is 6.60. The highest BCUT2D eigenvalue weighted by molar-refractivity contribution is 7.17. The van der Waals surface area contributed by atoms with Crippen molar-refractivity contribution in [2.24, 2.45) is 5.92 Å². The lowest BCUT2D eigenvalue weighted by molar-refractivity contribution is -0.147. The quantitative estimate of drug-likeness (QED) is 0.457. The van der Waals surface area contributed by atoms with E-state index < -0.39 is 5.91 Å². The van der Waals surface area contributed by atoms with E-state index in [0.717, 1.165) is 42.5 Å². The number of hydrogen-bond donors (Lipinski definition) is 2. The number of thiophene rings is 1. The molecule has 0 aliphatic heterocycles. The van der Waals surface area contributed by atoms with Gasteiger partial charge in [-0.05, 0) is 43.6 Å². The summed E-state index contributed by atoms with van der Waals surface area (Å²) in [5, 5.41) is 6.14. The van der Waals surface area contributed by atoms with Crippen LogP contribution in [0.4, 0.5) is 5.00 Å². The molecule has 1 heterocycles. The number of anilines is 1. The van der Waals surface area contributed by atoms with Gasteiger partial charge in [0.05, 0.1) is 12.2 Å². The molecule has 156 valence electrons. The van der Waals surface area contributed by atoms with Crippen LogP contribution in [0.15, 0.2) is 0 Å². The number of fused-ring (bicyclic) bond motifs is 1. The lowest BCUT2D eigenvalue weighted by Crippen LogP contribution is -2.29. The zero-order valence-electron chi connectivity index (χ0n) is 16.9. The third-order valence-electron chi connectivity index (χ3n) is 4.53. The summed E-state index contributed by atoms with van der Waals surface area (Å²) in [6, 6.07) is 0. The maximum Gasteiger partial charge on any atom is 0.306 e. The molecule has 0 fully saturated rings. The Morgan fingerprint density at radius 3 is 2.64 bits per heavy atom. The number of esters is 1. The second kappa shape index (κ2) is 11.2. The first kappa shape index (κ1) is 22.4. The summed E-state index contributed by atoms with van der Waals surface area (Å²) in [6.07, 6.45) is 4.88. The van der Waals surface area contributed by atoms with Gasteiger partial charge < -0.3 is 20.1 Å². The minimum absolute atomic E-state index is 0.208. The van der Waals surface area contributed by atoms with Crippen LogP contribution >= 0.6 is 11.3 Å². The predicted molar refractivity (Wildman–Crippen MR) is 109 cm³/mol. The van der Waals surface area contributed by atoms with Gasteiger partial charge in [-0.2, -0.15) is 0 Å². The summed E-state index contributed by atoms with van der Waals surface area (Å²) in [7, 11) is 1.58. The van der Waals surface area contributed by atoms with Crippen molar-refractivity contribution >= 4 is 34.1 Å². The Morgan fingerprint density at radius 1 is 1.18 bits per heavy atom. The molecule has 1 aromatic heterocycles. The molecule has 0 atom stereocenters. The molecule has 0 spiro atoms. The zero-order valence-corrected chi connectivity index (χ0v) is 17.7. The maximum atomic E-state index is 12.7. The van der Waals surface area contributed by atoms with E-state index in [2.05, 4.69) is 10.6 Å². The van der Waals surface area contributed by atoms with Crippen molar-refractivity contribution in [2.45, 2.75) is 52.4 Å². The number of carbonyl (C=O) groups is 3. The minimum Gasteiger partial charge on any atom is -0.456 e. The topological polar surface area (TPSA) is 93.7 Å². The number of hydrogen-bond acceptors (Lipinski definition) is 6. The summed E-state index contributed by atoms with van der Waals surface area (Å²) >= 11 is 1.44. The van der Waals surface area contributed by atoms with Gasteiger partial charge in [-0.3, -0.25) is 14.4 Å². The lowest BCUT2D eigenvalue weighted by atomic mass is 9.95. The Labute approximate surface area is 170 Å². The fraction of sp³-hybridized carbons (Fsp3) is 0.650. The van der Waals surface area contributed by atoms with Crippen molar-refractivity contribution < 1.29 is 23.9 Å². The molecule has 1 aliphatic rings. The predicted octanol–water partition coefficient (Wildman–Crippen LogP) is 2.92. The van der Waals surface area contributed by atoms with Crippen LogP contribution in [0.2, 0.25) is 0 Å². The van der Waals surface area contributed by atoms with E-state index in [0.29, 0.717) is 36.1 Å². The smallest absolute Gasteiger partial charge is 0.306 e. The van der Waals surface area contributed by atoms with E-state index in [4.69, 9.17) is 9.47 Å². The molecule has 1 aromatic rings. The Hall–Kier alpha value is -1.93. The van der Waals surface area contributed by atoms with E-state index in [1.807, 2.05) is 13.8 Å². The van der Waals surface area contributed by atoms with Gasteiger partial charge in [-0.15, -0.1) is 11.3 Å². The van der Waals surface area contributed by atoms with Gasteiger partial charge in [0.25, 0.3) is 11.8 Å². The molecule has 7 nitrogen and oxygen atoms in total. The average molecular weight is 411 g/mol. The van der Waals surface area contributed by atoms with Gasteiger partial charge in [0.1, 0.15) is 5.00 Å². The number of nitrogens with one attached hydrogen (secondary N) is 2. The Balaban J connectivity index is 2.01. The van der Waals surface area contributed by atoms with Gasteiger partial charge in [-0.1, -0.05) is 13.8 Å². The summed E-state index contributed by atoms with van der Waals surface area (Å²) in [5.41, 5.74) is 1.56. The highest BCUT2D eigenvalue weighted by atomic mass is 32.1. The minimum atomic E-state index is -0.428. The average Bonchev–Trinajstić information content (AvgIpc) is 3.02. The third-order valence-corrected chi connectivity index (χ3v) is 5.74. The van der Waals surface area contributed by atoms with Gasteiger partial charge in [0.15, 0.2) is 6.61 Å². The number of carbonyl (C=O) groups excluding carboxylic acids is 3. The zero-order chi connectivity index (χ0) is 20.5. The van der Waals surface area contributed by atoms with Crippen molar-refractivity contribution in [1.29, 1.82) is 0 Å². The van der Waals surface area contributed by atoms with E-state index >= 15 is 0 Å². The summed E-state index contributed by atoms with van der Waals surface area (Å²) in [4.78, 5) is 37.8. The number of ether oxygens (including phenoxy) is 2. The molecule has 0 bridgehead atoms. The van der Waals surface area contributed by atoms with Crippen LogP contribution in [0.25, 0.3) is 0 Å². The normalized spacial score (nSPS) is 13.1. The second-order valence-corrected chi connectivity index (χ2v) is 8.41. The monoisotopic (exact) mass is 410 g/mol. The number of methoxy groups -OCH3 is 1. The van der Waals surface area contributed by atoms with Gasteiger partial charge >= 0.3 is 5.97 Å². The van der Waals surface area contributed by atoms with Crippen molar-refractivity contribution in [3.63, 3.8) is 0 Å². The molecule has 2 amide bonds. The number of aryl methyl sites for hydroxylation is 1. The van der Waals surface area contributed by atoms with Crippen LogP contribution in [-0.4, -0.2) is 44.7 Å². The summed E-state index contributed by atoms with van der Waals surface area (Å²) in [5.74, 6) is -0.618. The fourth-order valence-electron chi connectivity index (χ4n) is 3.04. The van der Waals surface area contributed by atoms with Crippen molar-refractivity contribution in [2.75, 3.05) is 32.2 Å². The molecule has 1 aliphatic carbocycles. The first-order chi connectivity index (χ1) is 13.4. The molecule has 0 aromatic carbocycles. The van der Waals surface area contributed by atoms with Crippen LogP contribution in [-0.2, 0) is 31.9 Å². The van der Waals surface area contributed by atoms with Crippen LogP contribution < -0.4 is 10.6 Å². The largest absolute Gasteiger partial charge is 0.456 e. The van der Waals surface area contributed by atoms with Gasteiger partial charge in [0.2, 0.25) is 0 Å². The SMILES string of the molecule is COCCNC(=O)c1c(NC(=O)COC(=O)CCC(C)C)sc2c1CCCC2. The van der Waals surface area contributed by atoms with E-state index in [1.165, 1.54) is 11.3 Å². The summed E-state index contributed by atoms with van der Waals surface area (Å²) < 4.78 is 10.0. The second-order valence-electron chi connectivity index (χ2n) is 7.31. The molecule has 8 heteroatoms. The molecular weight excluding hydrogens is 380 g/mol. The first-order valence-electron chi connectivity index (χ1n) is 9.79. The highest BCUT2D eigenvalue weighted by Crippen LogP contribution is 2.38. The highest BCUT2D eigenvalue weighted by Gasteiger charge is 2.26. The molecule has 0 radical (unpaired) electrons. The Kier molecular flexibility index (Phi) is 8.92. The van der Waals surface area contributed by atoms with E-state index in [1.54, 1.807) is 7.11 Å². The fourth-order valence-corrected chi connectivity index (χ4v) is 4.34. The van der Waals surface area contributed by atoms with Crippen molar-refractivity contribution in [3.05, 3.63) is 16.0 Å². The van der Waals surface area contributed by atoms with Gasteiger partial charge in [0, 0.05) is 25.0 Å². The van der Waals surface area contributed by atoms with Crippen LogP contribution in [0.5, 0.6) is 0 Å². The van der Waals surface area contributed by atoms with Crippen LogP contribution in [0.3, 0.4) is 0 Å². The van der Waals surface area contributed by atoms with Crippen molar-refractivity contribution in [1.82, 2.24) is 5.32 Å². The first-order valence-corrected chi connectivity index (χ1v) is 10.6. The molecule has 2 N–H and O–H groups in total. The molecule has 2 rings (SSSR count). The summed E-state index contributed by atoms with van der Waals surface area (Å²) in [6.45, 7) is 4.53.